The highest BCUT2D eigenvalue weighted by Gasteiger charge is 2.01. The molecule has 0 spiro atoms. The molecule has 4 heteroatoms. The van der Waals surface area contributed by atoms with Gasteiger partial charge in [-0.05, 0) is 24.3 Å². The molecule has 0 amide bonds. The van der Waals surface area contributed by atoms with Gasteiger partial charge in [0.1, 0.15) is 0 Å². The minimum atomic E-state index is -0.395. The molecule has 0 aliphatic heterocycles. The third kappa shape index (κ3) is 3.46. The first-order valence-corrected chi connectivity index (χ1v) is 5.13. The highest BCUT2D eigenvalue weighted by Crippen LogP contribution is 2.14. The second-order valence-electron chi connectivity index (χ2n) is 3.21. The second-order valence-corrected chi connectivity index (χ2v) is 4.12. The Labute approximate surface area is 91.3 Å². The smallest absolute Gasteiger partial charge is 0.210 e. The number of hydrogen-bond donors (Lipinski definition) is 1. The summed E-state index contributed by atoms with van der Waals surface area (Å²) in [6.07, 6.45) is 0. The van der Waals surface area contributed by atoms with E-state index in [1.807, 2.05) is 24.3 Å². The van der Waals surface area contributed by atoms with E-state index in [4.69, 9.17) is 0 Å². The number of anilines is 1. The number of rotatable bonds is 3. The molecule has 0 aliphatic carbocycles. The van der Waals surface area contributed by atoms with Crippen LogP contribution < -0.4 is 5.43 Å². The Morgan fingerprint density at radius 3 is 2.43 bits per heavy atom. The molecule has 1 rings (SSSR count). The van der Waals surface area contributed by atoms with Gasteiger partial charge < -0.3 is 0 Å². The van der Waals surface area contributed by atoms with Crippen molar-refractivity contribution in [2.45, 2.75) is 13.8 Å². The lowest BCUT2D eigenvalue weighted by Gasteiger charge is -2.02. The fraction of sp³-hybridized carbons (Fsp3) is 0.300. The Morgan fingerprint density at radius 2 is 1.93 bits per heavy atom. The molecule has 0 saturated heterocycles. The predicted molar refractivity (Wildman–Crippen MR) is 61.1 cm³/mol. The van der Waals surface area contributed by atoms with E-state index in [0.29, 0.717) is 0 Å². The molecule has 0 heterocycles. The molecule has 1 aromatic rings. The molecule has 0 unspecified atom stereocenters. The SMILES string of the molecule is CC(C)/C(F)=N\Nc1ccc(Br)cc1. The molecule has 0 radical (unpaired) electrons. The first-order chi connectivity index (χ1) is 6.59. The van der Waals surface area contributed by atoms with E-state index < -0.39 is 5.97 Å². The van der Waals surface area contributed by atoms with Gasteiger partial charge in [0.15, 0.2) is 0 Å². The predicted octanol–water partition coefficient (Wildman–Crippen LogP) is 3.80. The molecular formula is C10H12BrFN2. The maximum absolute atomic E-state index is 13.0. The number of hydrogen-bond acceptors (Lipinski definition) is 2. The van der Waals surface area contributed by atoms with Crippen LogP contribution in [0.2, 0.25) is 0 Å². The van der Waals surface area contributed by atoms with E-state index >= 15 is 0 Å². The largest absolute Gasteiger partial charge is 0.276 e. The van der Waals surface area contributed by atoms with Crippen LogP contribution in [-0.2, 0) is 0 Å². The fourth-order valence-electron chi connectivity index (χ4n) is 0.771. The van der Waals surface area contributed by atoms with Crippen LogP contribution in [0.1, 0.15) is 13.8 Å². The van der Waals surface area contributed by atoms with Crippen LogP contribution in [0.3, 0.4) is 0 Å². The van der Waals surface area contributed by atoms with Crippen LogP contribution in [0.5, 0.6) is 0 Å². The summed E-state index contributed by atoms with van der Waals surface area (Å²) in [6.45, 7) is 3.50. The Balaban J connectivity index is 2.62. The van der Waals surface area contributed by atoms with Crippen molar-refractivity contribution >= 4 is 27.6 Å². The van der Waals surface area contributed by atoms with Crippen molar-refractivity contribution in [2.75, 3.05) is 5.43 Å². The van der Waals surface area contributed by atoms with E-state index in [9.17, 15) is 4.39 Å². The molecule has 0 aromatic heterocycles. The highest BCUT2D eigenvalue weighted by molar-refractivity contribution is 9.10. The summed E-state index contributed by atoms with van der Waals surface area (Å²) in [6, 6.07) is 7.37. The van der Waals surface area contributed by atoms with Crippen molar-refractivity contribution in [3.8, 4) is 0 Å². The van der Waals surface area contributed by atoms with Gasteiger partial charge in [-0.2, -0.15) is 4.39 Å². The van der Waals surface area contributed by atoms with Crippen LogP contribution in [0.25, 0.3) is 0 Å². The Bertz CT molecular complexity index is 319. The molecule has 1 N–H and O–H groups in total. The highest BCUT2D eigenvalue weighted by atomic mass is 79.9. The minimum absolute atomic E-state index is 0.182. The molecule has 0 aliphatic rings. The summed E-state index contributed by atoms with van der Waals surface area (Å²) in [5.41, 5.74) is 3.41. The maximum Gasteiger partial charge on any atom is 0.210 e. The van der Waals surface area contributed by atoms with Gasteiger partial charge in [0.2, 0.25) is 5.97 Å². The molecule has 76 valence electrons. The molecule has 14 heavy (non-hydrogen) atoms. The number of benzene rings is 1. The molecule has 0 saturated carbocycles. The second kappa shape index (κ2) is 5.10. The zero-order valence-corrected chi connectivity index (χ0v) is 9.68. The lowest BCUT2D eigenvalue weighted by Crippen LogP contribution is -2.03. The molecule has 1 aromatic carbocycles. The van der Waals surface area contributed by atoms with E-state index in [1.54, 1.807) is 13.8 Å². The zero-order valence-electron chi connectivity index (χ0n) is 8.09. The first-order valence-electron chi connectivity index (χ1n) is 4.34. The van der Waals surface area contributed by atoms with Crippen molar-refractivity contribution in [1.82, 2.24) is 0 Å². The molecular weight excluding hydrogens is 247 g/mol. The summed E-state index contributed by atoms with van der Waals surface area (Å²) in [4.78, 5) is 0. The standard InChI is InChI=1S/C10H12BrFN2/c1-7(2)10(12)14-13-9-5-3-8(11)4-6-9/h3-7,13H,1-2H3/b14-10+. The lowest BCUT2D eigenvalue weighted by atomic mass is 10.2. The van der Waals surface area contributed by atoms with E-state index in [2.05, 4.69) is 26.5 Å². The third-order valence-electron chi connectivity index (χ3n) is 1.61. The van der Waals surface area contributed by atoms with Crippen molar-refractivity contribution in [3.63, 3.8) is 0 Å². The Kier molecular flexibility index (Phi) is 4.07. The van der Waals surface area contributed by atoms with Crippen LogP contribution in [-0.4, -0.2) is 5.97 Å². The van der Waals surface area contributed by atoms with E-state index in [-0.39, 0.29) is 5.92 Å². The average Bonchev–Trinajstić information content (AvgIpc) is 2.16. The normalized spacial score (nSPS) is 11.9. The molecule has 2 nitrogen and oxygen atoms in total. The fourth-order valence-corrected chi connectivity index (χ4v) is 1.04. The molecule has 0 atom stereocenters. The van der Waals surface area contributed by atoms with Gasteiger partial charge in [-0.15, -0.1) is 5.10 Å². The Hall–Kier alpha value is -0.900. The minimum Gasteiger partial charge on any atom is -0.276 e. The molecule has 0 fully saturated rings. The average molecular weight is 259 g/mol. The first kappa shape index (κ1) is 11.2. The van der Waals surface area contributed by atoms with E-state index in [1.165, 1.54) is 0 Å². The van der Waals surface area contributed by atoms with Gasteiger partial charge in [0.25, 0.3) is 0 Å². The number of nitrogens with zero attached hydrogens (tertiary/aromatic N) is 1. The van der Waals surface area contributed by atoms with E-state index in [0.717, 1.165) is 10.2 Å². The summed E-state index contributed by atoms with van der Waals surface area (Å²) >= 11 is 3.31. The van der Waals surface area contributed by atoms with Crippen LogP contribution >= 0.6 is 15.9 Å². The van der Waals surface area contributed by atoms with Crippen molar-refractivity contribution in [3.05, 3.63) is 28.7 Å². The lowest BCUT2D eigenvalue weighted by molar-refractivity contribution is 0.686. The number of hydrazone groups is 1. The third-order valence-corrected chi connectivity index (χ3v) is 2.14. The van der Waals surface area contributed by atoms with Gasteiger partial charge in [-0.1, -0.05) is 29.8 Å². The van der Waals surface area contributed by atoms with Gasteiger partial charge in [-0.3, -0.25) is 5.43 Å². The van der Waals surface area contributed by atoms with Gasteiger partial charge in [-0.25, -0.2) is 0 Å². The monoisotopic (exact) mass is 258 g/mol. The van der Waals surface area contributed by atoms with Gasteiger partial charge in [0.05, 0.1) is 5.69 Å². The van der Waals surface area contributed by atoms with Gasteiger partial charge in [0, 0.05) is 10.4 Å². The van der Waals surface area contributed by atoms with Crippen molar-refractivity contribution < 1.29 is 4.39 Å². The van der Waals surface area contributed by atoms with Crippen LogP contribution in [0.15, 0.2) is 33.8 Å². The summed E-state index contributed by atoms with van der Waals surface area (Å²) < 4.78 is 14.0. The van der Waals surface area contributed by atoms with Gasteiger partial charge >= 0.3 is 0 Å². The number of halogens is 2. The van der Waals surface area contributed by atoms with Crippen LogP contribution in [0, 0.1) is 5.92 Å². The number of nitrogens with one attached hydrogen (secondary N) is 1. The topological polar surface area (TPSA) is 24.4 Å². The van der Waals surface area contributed by atoms with Crippen LogP contribution in [0.4, 0.5) is 10.1 Å². The summed E-state index contributed by atoms with van der Waals surface area (Å²) in [5.74, 6) is -0.578. The Morgan fingerprint density at radius 1 is 1.36 bits per heavy atom. The quantitative estimate of drug-likeness (QED) is 0.648. The summed E-state index contributed by atoms with van der Waals surface area (Å²) in [7, 11) is 0. The maximum atomic E-state index is 13.0. The zero-order chi connectivity index (χ0) is 10.6. The van der Waals surface area contributed by atoms with Crippen molar-refractivity contribution in [1.29, 1.82) is 0 Å². The summed E-state index contributed by atoms with van der Waals surface area (Å²) in [5, 5.41) is 3.61. The molecule has 0 bridgehead atoms. The van der Waals surface area contributed by atoms with Crippen molar-refractivity contribution in [2.24, 2.45) is 11.0 Å².